The normalized spacial score (nSPS) is 16.1. The van der Waals surface area contributed by atoms with Crippen LogP contribution in [0.25, 0.3) is 34.4 Å². The number of benzene rings is 4. The summed E-state index contributed by atoms with van der Waals surface area (Å²) >= 11 is -2.15. The first-order chi connectivity index (χ1) is 20.3. The third kappa shape index (κ3) is 5.86. The van der Waals surface area contributed by atoms with Crippen molar-refractivity contribution in [1.82, 2.24) is 0 Å². The Morgan fingerprint density at radius 3 is 1.27 bits per heavy atom. The first-order valence-corrected chi connectivity index (χ1v) is 24.8. The number of hydrogen-bond donors (Lipinski definition) is 0. The second-order valence-electron chi connectivity index (χ2n) is 12.6. The molecule has 4 aromatic carbocycles. The molecule has 0 aromatic heterocycles. The van der Waals surface area contributed by atoms with Crippen molar-refractivity contribution in [3.63, 3.8) is 0 Å². The summed E-state index contributed by atoms with van der Waals surface area (Å²) in [7, 11) is 0. The molecule has 2 atom stereocenters. The minimum absolute atomic E-state index is 0. The molecule has 0 radical (unpaired) electrons. The van der Waals surface area contributed by atoms with Crippen molar-refractivity contribution in [2.24, 2.45) is 0 Å². The van der Waals surface area contributed by atoms with Crippen molar-refractivity contribution >= 4 is 17.6 Å². The van der Waals surface area contributed by atoms with Crippen molar-refractivity contribution in [3.8, 4) is 22.3 Å². The van der Waals surface area contributed by atoms with Crippen LogP contribution in [0, 0.1) is 27.7 Å². The van der Waals surface area contributed by atoms with Gasteiger partial charge < -0.3 is 24.8 Å². The van der Waals surface area contributed by atoms with Gasteiger partial charge in [-0.2, -0.15) is 0 Å². The van der Waals surface area contributed by atoms with E-state index in [-0.39, 0.29) is 24.8 Å². The van der Waals surface area contributed by atoms with E-state index in [1.165, 1.54) is 55.6 Å². The minimum atomic E-state index is -2.15. The molecular weight excluding hydrogens is 671 g/mol. The summed E-state index contributed by atoms with van der Waals surface area (Å²) in [6.45, 7) is 19.2. The van der Waals surface area contributed by atoms with Crippen LogP contribution in [0.5, 0.6) is 0 Å². The number of halogens is 2. The van der Waals surface area contributed by atoms with Gasteiger partial charge in [0.05, 0.1) is 0 Å². The first-order valence-electron chi connectivity index (χ1n) is 15.7. The zero-order valence-corrected chi connectivity index (χ0v) is 32.4. The van der Waals surface area contributed by atoms with Crippen molar-refractivity contribution < 1.29 is 45.2 Å². The molecule has 0 amide bonds. The van der Waals surface area contributed by atoms with Gasteiger partial charge in [-0.05, 0) is 0 Å². The van der Waals surface area contributed by atoms with Crippen LogP contribution >= 0.6 is 0 Å². The summed E-state index contributed by atoms with van der Waals surface area (Å²) in [5.74, 6) is 0. The molecular formula is C40H44Cl2SiZr. The molecule has 2 unspecified atom stereocenters. The molecule has 6 rings (SSSR count). The number of hydrogen-bond acceptors (Lipinski definition) is 0. The number of fused-ring (bicyclic) bond motifs is 2. The van der Waals surface area contributed by atoms with Crippen molar-refractivity contribution in [3.05, 3.63) is 128 Å². The van der Waals surface area contributed by atoms with E-state index < -0.39 is 25.8 Å². The Morgan fingerprint density at radius 1 is 0.545 bits per heavy atom. The largest absolute Gasteiger partial charge is 1.00 e. The van der Waals surface area contributed by atoms with Crippen LogP contribution < -0.4 is 24.8 Å². The fourth-order valence-electron chi connectivity index (χ4n) is 7.58. The van der Waals surface area contributed by atoms with Gasteiger partial charge in [0.1, 0.15) is 0 Å². The summed E-state index contributed by atoms with van der Waals surface area (Å²) in [6, 6.07) is 28.1. The Morgan fingerprint density at radius 2 is 0.909 bits per heavy atom. The maximum Gasteiger partial charge on any atom is -1.00 e. The minimum Gasteiger partial charge on any atom is -1.00 e. The number of rotatable bonds is 6. The van der Waals surface area contributed by atoms with E-state index in [4.69, 9.17) is 0 Å². The van der Waals surface area contributed by atoms with Gasteiger partial charge in [0, 0.05) is 0 Å². The van der Waals surface area contributed by atoms with Crippen molar-refractivity contribution in [2.45, 2.75) is 74.7 Å². The van der Waals surface area contributed by atoms with Gasteiger partial charge in [0.25, 0.3) is 0 Å². The van der Waals surface area contributed by atoms with E-state index in [0.29, 0.717) is 7.25 Å². The maximum atomic E-state index is 2.65. The molecule has 4 heteroatoms. The quantitative estimate of drug-likeness (QED) is 0.231. The smallest absolute Gasteiger partial charge is 1.00 e. The SMILES string of the molecule is CCC1=Cc2c(-c3cccc(C)c3C)cccc2[CH]1[Zr+2]([CH]1C(CC)=Cc2c(-c3cccc(C)c3C)cccc21)=[Si](C)C.[Cl-].[Cl-]. The first kappa shape index (κ1) is 34.9. The molecule has 0 nitrogen and oxygen atoms in total. The molecule has 4 aromatic rings. The molecule has 2 aliphatic rings. The van der Waals surface area contributed by atoms with E-state index in [1.807, 2.05) is 0 Å². The average molecular weight is 715 g/mol. The second-order valence-corrected chi connectivity index (χ2v) is 30.4. The molecule has 0 spiro atoms. The Balaban J connectivity index is 0.00000221. The molecule has 0 bridgehead atoms. The van der Waals surface area contributed by atoms with Crippen LogP contribution in [0.2, 0.25) is 13.1 Å². The van der Waals surface area contributed by atoms with Gasteiger partial charge in [-0.15, -0.1) is 0 Å². The molecule has 2 aliphatic carbocycles. The maximum absolute atomic E-state index is 2.65. The van der Waals surface area contributed by atoms with Crippen LogP contribution in [-0.4, -0.2) is 5.43 Å². The van der Waals surface area contributed by atoms with Crippen LogP contribution in [0.1, 0.15) is 78.4 Å². The van der Waals surface area contributed by atoms with E-state index in [1.54, 1.807) is 22.3 Å². The van der Waals surface area contributed by atoms with Crippen molar-refractivity contribution in [1.29, 1.82) is 0 Å². The summed E-state index contributed by atoms with van der Waals surface area (Å²) < 4.78 is 1.33. The van der Waals surface area contributed by atoms with Crippen molar-refractivity contribution in [2.75, 3.05) is 0 Å². The fourth-order valence-corrected chi connectivity index (χ4v) is 28.4. The molecule has 0 saturated heterocycles. The summed E-state index contributed by atoms with van der Waals surface area (Å²) in [5, 5.41) is 0. The molecule has 0 heterocycles. The second kappa shape index (κ2) is 14.2. The summed E-state index contributed by atoms with van der Waals surface area (Å²) in [6.07, 6.45) is 7.55. The van der Waals surface area contributed by atoms with Crippen LogP contribution in [0.4, 0.5) is 0 Å². The Hall–Kier alpha value is -1.96. The van der Waals surface area contributed by atoms with Crippen LogP contribution in [0.3, 0.4) is 0 Å². The molecule has 44 heavy (non-hydrogen) atoms. The Labute approximate surface area is 286 Å². The van der Waals surface area contributed by atoms with E-state index in [2.05, 4.69) is 140 Å². The van der Waals surface area contributed by atoms with Crippen LogP contribution in [-0.2, 0) is 20.4 Å². The third-order valence-electron chi connectivity index (χ3n) is 10.1. The number of aryl methyl sites for hydroxylation is 2. The predicted octanol–water partition coefficient (Wildman–Crippen LogP) is 5.53. The molecule has 0 fully saturated rings. The summed E-state index contributed by atoms with van der Waals surface area (Å²) in [4.78, 5) is 0. The molecule has 0 aliphatic heterocycles. The molecule has 0 N–H and O–H groups in total. The van der Waals surface area contributed by atoms with Gasteiger partial charge in [-0.1, -0.05) is 0 Å². The van der Waals surface area contributed by atoms with Gasteiger partial charge in [0.2, 0.25) is 0 Å². The van der Waals surface area contributed by atoms with Gasteiger partial charge in [-0.3, -0.25) is 0 Å². The van der Waals surface area contributed by atoms with E-state index >= 15 is 0 Å². The molecule has 226 valence electrons. The Bertz CT molecular complexity index is 1700. The third-order valence-corrected chi connectivity index (χ3v) is 29.6. The standard InChI is InChI=1S/2C19H19.C2H6Si.2ClH.Zr/c2*1-4-15-11-16-8-6-10-18(19(16)12-15)17-9-5-7-13(2)14(17)3;1-3-2;;;/h2*5-12H,4H2,1-3H3;1-2H3;2*1H;/q;;;;;+2/p-2. The van der Waals surface area contributed by atoms with Gasteiger partial charge in [-0.25, -0.2) is 0 Å². The number of allylic oxidation sites excluding steroid dienone is 2. The monoisotopic (exact) mass is 712 g/mol. The van der Waals surface area contributed by atoms with E-state index in [0.717, 1.165) is 12.8 Å². The van der Waals surface area contributed by atoms with Gasteiger partial charge in [0.15, 0.2) is 0 Å². The fraction of sp³-hybridized carbons (Fsp3) is 0.300. The van der Waals surface area contributed by atoms with Gasteiger partial charge >= 0.3 is 263 Å². The average Bonchev–Trinajstić information content (AvgIpc) is 3.55. The van der Waals surface area contributed by atoms with E-state index in [9.17, 15) is 0 Å². The summed E-state index contributed by atoms with van der Waals surface area (Å²) in [5.41, 5.74) is 20.5. The topological polar surface area (TPSA) is 0 Å². The molecule has 0 saturated carbocycles. The zero-order chi connectivity index (χ0) is 29.7. The Kier molecular flexibility index (Phi) is 11.3. The predicted molar refractivity (Wildman–Crippen MR) is 182 cm³/mol. The zero-order valence-electron chi connectivity index (χ0n) is 27.4. The van der Waals surface area contributed by atoms with Crippen LogP contribution in [0.15, 0.2) is 83.9 Å².